The zero-order chi connectivity index (χ0) is 24.4. The molecule has 1 saturated heterocycles. The van der Waals surface area contributed by atoms with Crippen LogP contribution < -0.4 is 10.3 Å². The number of hydrogen-bond donors (Lipinski definition) is 0. The van der Waals surface area contributed by atoms with E-state index >= 15 is 0 Å². The van der Waals surface area contributed by atoms with E-state index in [1.54, 1.807) is 11.1 Å². The Labute approximate surface area is 204 Å². The Bertz CT molecular complexity index is 1260. The van der Waals surface area contributed by atoms with Crippen molar-refractivity contribution < 1.29 is 23.8 Å². The van der Waals surface area contributed by atoms with Crippen LogP contribution in [0.4, 0.5) is 0 Å². The van der Waals surface area contributed by atoms with Gasteiger partial charge >= 0.3 is 11.5 Å². The third kappa shape index (κ3) is 4.85. The molecular weight excluding hydrogens is 508 g/mol. The van der Waals surface area contributed by atoms with Gasteiger partial charge in [-0.25, -0.2) is 14.2 Å². The van der Waals surface area contributed by atoms with Gasteiger partial charge in [-0.1, -0.05) is 30.3 Å². The Morgan fingerprint density at radius 3 is 2.50 bits per heavy atom. The predicted octanol–water partition coefficient (Wildman–Crippen LogP) is 2.26. The Morgan fingerprint density at radius 2 is 1.85 bits per heavy atom. The van der Waals surface area contributed by atoms with Crippen molar-refractivity contribution in [2.24, 2.45) is 0 Å². The van der Waals surface area contributed by atoms with E-state index in [9.17, 15) is 14.4 Å². The number of methoxy groups -OCH3 is 1. The van der Waals surface area contributed by atoms with Gasteiger partial charge in [0.25, 0.3) is 0 Å². The summed E-state index contributed by atoms with van der Waals surface area (Å²) < 4.78 is 19.4. The number of nitrogens with zero attached hydrogens (tertiary/aromatic N) is 4. The molecule has 0 bridgehead atoms. The van der Waals surface area contributed by atoms with Crippen molar-refractivity contribution in [1.82, 2.24) is 18.9 Å². The minimum Gasteiger partial charge on any atom is -0.481 e. The van der Waals surface area contributed by atoms with E-state index in [0.29, 0.717) is 17.7 Å². The van der Waals surface area contributed by atoms with Crippen molar-refractivity contribution in [3.8, 4) is 5.75 Å². The van der Waals surface area contributed by atoms with Crippen LogP contribution in [0.3, 0.4) is 0 Å². The summed E-state index contributed by atoms with van der Waals surface area (Å²) in [5.41, 5.74) is -0.0246. The van der Waals surface area contributed by atoms with Crippen molar-refractivity contribution in [1.29, 1.82) is 0 Å². The quantitative estimate of drug-likeness (QED) is 0.448. The summed E-state index contributed by atoms with van der Waals surface area (Å²) in [7, 11) is 1.20. The highest BCUT2D eigenvalue weighted by Gasteiger charge is 2.28. The molecule has 10 nitrogen and oxygen atoms in total. The number of morpholine rings is 1. The van der Waals surface area contributed by atoms with E-state index in [2.05, 4.69) is 20.9 Å². The van der Waals surface area contributed by atoms with Crippen molar-refractivity contribution in [2.75, 3.05) is 20.2 Å². The van der Waals surface area contributed by atoms with Gasteiger partial charge < -0.3 is 23.7 Å². The number of carbonyl (C=O) groups excluding carboxylic acids is 2. The second kappa shape index (κ2) is 9.98. The minimum atomic E-state index is -0.811. The summed E-state index contributed by atoms with van der Waals surface area (Å²) in [5, 5.41) is 0. The van der Waals surface area contributed by atoms with E-state index in [4.69, 9.17) is 14.2 Å². The smallest absolute Gasteiger partial charge is 0.360 e. The summed E-state index contributed by atoms with van der Waals surface area (Å²) >= 11 is 3.37. The highest BCUT2D eigenvalue weighted by Crippen LogP contribution is 2.21. The second-order valence-electron chi connectivity index (χ2n) is 8.13. The first-order valence-corrected chi connectivity index (χ1v) is 11.6. The molecule has 0 radical (unpaired) electrons. The van der Waals surface area contributed by atoms with Crippen LogP contribution in [-0.2, 0) is 27.4 Å². The molecule has 1 aromatic carbocycles. The molecular formula is C23H25BrN4O6. The SMILES string of the molecule is COC(=O)c1nc2n(CC(=O)N3CC(C)OC(C)C3)cc(Br)n2c(=O)c1OCc1ccccc1. The predicted molar refractivity (Wildman–Crippen MR) is 126 cm³/mol. The lowest BCUT2D eigenvalue weighted by molar-refractivity contribution is -0.143. The molecule has 0 aliphatic carbocycles. The molecule has 1 fully saturated rings. The van der Waals surface area contributed by atoms with E-state index in [1.807, 2.05) is 44.2 Å². The van der Waals surface area contributed by atoms with Crippen LogP contribution >= 0.6 is 15.9 Å². The van der Waals surface area contributed by atoms with Crippen LogP contribution in [0.15, 0.2) is 45.9 Å². The molecule has 0 N–H and O–H groups in total. The first kappa shape index (κ1) is 24.0. The summed E-state index contributed by atoms with van der Waals surface area (Å²) in [6, 6.07) is 9.24. The second-order valence-corrected chi connectivity index (χ2v) is 8.94. The number of fused-ring (bicyclic) bond motifs is 1. The van der Waals surface area contributed by atoms with Gasteiger partial charge in [-0.3, -0.25) is 9.59 Å². The fraction of sp³-hybridized carbons (Fsp3) is 0.391. The van der Waals surface area contributed by atoms with Gasteiger partial charge in [0.05, 0.1) is 19.3 Å². The van der Waals surface area contributed by atoms with Crippen molar-refractivity contribution in [3.05, 3.63) is 62.7 Å². The number of carbonyl (C=O) groups is 2. The lowest BCUT2D eigenvalue weighted by Crippen LogP contribution is -2.49. The molecule has 2 unspecified atom stereocenters. The highest BCUT2D eigenvalue weighted by atomic mass is 79.9. The van der Waals surface area contributed by atoms with Crippen LogP contribution in [0.2, 0.25) is 0 Å². The van der Waals surface area contributed by atoms with Crippen LogP contribution in [0.5, 0.6) is 5.75 Å². The van der Waals surface area contributed by atoms with Crippen molar-refractivity contribution >= 4 is 33.6 Å². The number of esters is 1. The third-order valence-corrected chi connectivity index (χ3v) is 6.00. The minimum absolute atomic E-state index is 0.0637. The van der Waals surface area contributed by atoms with Crippen LogP contribution in [0, 0.1) is 0 Å². The molecule has 0 saturated carbocycles. The number of amides is 1. The zero-order valence-electron chi connectivity index (χ0n) is 19.1. The molecule has 2 atom stereocenters. The van der Waals surface area contributed by atoms with Gasteiger partial charge in [0, 0.05) is 19.3 Å². The van der Waals surface area contributed by atoms with Crippen molar-refractivity contribution in [2.45, 2.75) is 39.2 Å². The Hall–Kier alpha value is -3.18. The first-order valence-electron chi connectivity index (χ1n) is 10.8. The zero-order valence-corrected chi connectivity index (χ0v) is 20.6. The summed E-state index contributed by atoms with van der Waals surface area (Å²) in [4.78, 5) is 44.9. The number of aromatic nitrogens is 3. The maximum atomic E-state index is 13.3. The fourth-order valence-corrected chi connectivity index (χ4v) is 4.53. The normalized spacial score (nSPS) is 18.2. The first-order chi connectivity index (χ1) is 16.3. The monoisotopic (exact) mass is 532 g/mol. The maximum Gasteiger partial charge on any atom is 0.360 e. The standard InChI is InChI=1S/C23H25BrN4O6/c1-14-9-26(10-15(2)34-14)18(29)12-27-11-17(24)28-21(30)20(19(22(31)32-3)25-23(27)28)33-13-16-7-5-4-6-8-16/h4-8,11,14-15H,9-10,12-13H2,1-3H3. The third-order valence-electron chi connectivity index (χ3n) is 5.44. The van der Waals surface area contributed by atoms with E-state index in [1.165, 1.54) is 16.1 Å². The highest BCUT2D eigenvalue weighted by molar-refractivity contribution is 9.10. The Balaban J connectivity index is 1.70. The number of imidazole rings is 1. The lowest BCUT2D eigenvalue weighted by atomic mass is 10.2. The summed E-state index contributed by atoms with van der Waals surface area (Å²) in [5.74, 6) is -1.07. The van der Waals surface area contributed by atoms with Crippen molar-refractivity contribution in [3.63, 3.8) is 0 Å². The molecule has 1 aliphatic rings. The van der Waals surface area contributed by atoms with E-state index in [-0.39, 0.29) is 48.5 Å². The number of benzene rings is 1. The molecule has 2 aromatic heterocycles. The van der Waals surface area contributed by atoms with Gasteiger partial charge in [-0.05, 0) is 35.3 Å². The topological polar surface area (TPSA) is 104 Å². The van der Waals surface area contributed by atoms with Crippen LogP contribution in [-0.4, -0.2) is 63.1 Å². The van der Waals surface area contributed by atoms with Gasteiger partial charge in [0.15, 0.2) is 5.69 Å². The molecule has 3 heterocycles. The van der Waals surface area contributed by atoms with Crippen LogP contribution in [0.25, 0.3) is 5.78 Å². The fourth-order valence-electron chi connectivity index (χ4n) is 3.96. The maximum absolute atomic E-state index is 13.3. The molecule has 180 valence electrons. The molecule has 0 spiro atoms. The van der Waals surface area contributed by atoms with Gasteiger partial charge in [0.2, 0.25) is 17.4 Å². The number of hydrogen-bond acceptors (Lipinski definition) is 7. The largest absolute Gasteiger partial charge is 0.481 e. The number of ether oxygens (including phenoxy) is 3. The summed E-state index contributed by atoms with van der Waals surface area (Å²) in [6.45, 7) is 4.78. The lowest BCUT2D eigenvalue weighted by Gasteiger charge is -2.35. The number of rotatable bonds is 6. The van der Waals surface area contributed by atoms with E-state index in [0.717, 1.165) is 5.56 Å². The molecule has 3 aromatic rings. The average Bonchev–Trinajstić information content (AvgIpc) is 3.12. The molecule has 1 amide bonds. The number of halogens is 1. The molecule has 4 rings (SSSR count). The van der Waals surface area contributed by atoms with Gasteiger partial charge in [-0.2, -0.15) is 0 Å². The van der Waals surface area contributed by atoms with Gasteiger partial charge in [0.1, 0.15) is 17.8 Å². The average molecular weight is 533 g/mol. The van der Waals surface area contributed by atoms with Gasteiger partial charge in [-0.15, -0.1) is 0 Å². The van der Waals surface area contributed by atoms with Crippen LogP contribution in [0.1, 0.15) is 29.9 Å². The molecule has 11 heteroatoms. The van der Waals surface area contributed by atoms with E-state index < -0.39 is 11.5 Å². The molecule has 34 heavy (non-hydrogen) atoms. The molecule has 1 aliphatic heterocycles. The summed E-state index contributed by atoms with van der Waals surface area (Å²) in [6.07, 6.45) is 1.44. The Morgan fingerprint density at radius 1 is 1.18 bits per heavy atom. The Kier molecular flexibility index (Phi) is 7.03.